The minimum atomic E-state index is -3.90. The summed E-state index contributed by atoms with van der Waals surface area (Å²) in [6.07, 6.45) is 10.3. The van der Waals surface area contributed by atoms with E-state index in [4.69, 9.17) is 0 Å². The fourth-order valence-electron chi connectivity index (χ4n) is 9.20. The first-order valence-electron chi connectivity index (χ1n) is 16.2. The summed E-state index contributed by atoms with van der Waals surface area (Å²) in [5.41, 5.74) is 11.9. The second kappa shape index (κ2) is 11.1. The van der Waals surface area contributed by atoms with Crippen LogP contribution in [0.1, 0.15) is 44.3 Å². The molecule has 0 spiro atoms. The molecule has 0 heterocycles. The Labute approximate surface area is 271 Å². The minimum absolute atomic E-state index is 0.408. The van der Waals surface area contributed by atoms with Gasteiger partial charge in [0, 0.05) is 0 Å². The van der Waals surface area contributed by atoms with Gasteiger partial charge in [0.05, 0.1) is 0 Å². The van der Waals surface area contributed by atoms with Crippen LogP contribution in [0.15, 0.2) is 170 Å². The molecule has 45 heavy (non-hydrogen) atoms. The number of fused-ring (bicyclic) bond motifs is 5. The van der Waals surface area contributed by atoms with Crippen LogP contribution in [0.4, 0.5) is 0 Å². The zero-order valence-corrected chi connectivity index (χ0v) is 28.7. The molecule has 3 aliphatic carbocycles. The van der Waals surface area contributed by atoms with E-state index < -0.39 is 25.4 Å². The molecule has 0 aliphatic heterocycles. The molecule has 0 aromatic heterocycles. The van der Waals surface area contributed by atoms with Gasteiger partial charge in [-0.15, -0.1) is 0 Å². The maximum atomic E-state index is 2.67. The van der Waals surface area contributed by atoms with Crippen LogP contribution in [0.5, 0.6) is 0 Å². The molecule has 6 aromatic carbocycles. The Bertz CT molecular complexity index is 1940. The van der Waals surface area contributed by atoms with Crippen molar-refractivity contribution in [2.75, 3.05) is 0 Å². The molecule has 2 atom stereocenters. The number of rotatable bonds is 6. The molecule has 0 saturated carbocycles. The fourth-order valence-corrected chi connectivity index (χ4v) is 50.3. The average molecular weight is 670 g/mol. The van der Waals surface area contributed by atoms with E-state index in [1.54, 1.807) is 32.6 Å². The number of allylic oxidation sites excluding steroid dienone is 2. The summed E-state index contributed by atoms with van der Waals surface area (Å²) >= 11 is -3.90. The Hall–Kier alpha value is -4.10. The zero-order valence-electron chi connectivity index (χ0n) is 25.1. The van der Waals surface area contributed by atoms with Crippen LogP contribution in [-0.4, -0.2) is 5.92 Å². The molecular weight excluding hydrogens is 636 g/mol. The van der Waals surface area contributed by atoms with E-state index >= 15 is 0 Å². The third kappa shape index (κ3) is 4.12. The number of hydrogen-bond donors (Lipinski definition) is 0. The molecule has 0 saturated heterocycles. The van der Waals surface area contributed by atoms with Crippen molar-refractivity contribution in [1.29, 1.82) is 0 Å². The molecule has 0 N–H and O–H groups in total. The van der Waals surface area contributed by atoms with Gasteiger partial charge in [0.2, 0.25) is 0 Å². The standard InChI is InChI=1S/C13H9.C12H11Si.2C9H7.Zr/c1-3-7-12-10(5-1)9-11-6-2-4-8-13(11)12;1-3-7-11(8-4-1)13-12-9-5-2-6-10-12;2*1-2-5-9-7-3-6-8(9)4-1;/h1-9H;1-10,13H;2*1-7H;. The van der Waals surface area contributed by atoms with Crippen molar-refractivity contribution in [3.05, 3.63) is 203 Å². The van der Waals surface area contributed by atoms with E-state index in [-0.39, 0.29) is 0 Å². The molecule has 0 bridgehead atoms. The van der Waals surface area contributed by atoms with Gasteiger partial charge in [-0.05, 0) is 0 Å². The number of hydrogen-bond acceptors (Lipinski definition) is 0. The monoisotopic (exact) mass is 668 g/mol. The van der Waals surface area contributed by atoms with E-state index in [0.717, 1.165) is 0 Å². The SMILES string of the molecule is C1=C[CH]([Zr]([CH]2C=Cc3ccccc32)([CH]2c3ccccc3-c3ccccc32)[SiH](c2ccccc2)c2ccccc2)c2ccccc21. The molecule has 9 rings (SSSR count). The summed E-state index contributed by atoms with van der Waals surface area (Å²) in [5.74, 6) is -1.89. The van der Waals surface area contributed by atoms with Crippen molar-refractivity contribution in [1.82, 2.24) is 0 Å². The molecule has 0 nitrogen and oxygen atoms in total. The Morgan fingerprint density at radius 2 is 0.756 bits per heavy atom. The predicted molar refractivity (Wildman–Crippen MR) is 189 cm³/mol. The summed E-state index contributed by atoms with van der Waals surface area (Å²) in [6, 6.07) is 61.0. The van der Waals surface area contributed by atoms with Crippen molar-refractivity contribution in [3.63, 3.8) is 0 Å². The Morgan fingerprint density at radius 3 is 1.22 bits per heavy atom. The molecule has 214 valence electrons. The van der Waals surface area contributed by atoms with Crippen molar-refractivity contribution < 1.29 is 19.4 Å². The molecule has 0 fully saturated rings. The quantitative estimate of drug-likeness (QED) is 0.155. The summed E-state index contributed by atoms with van der Waals surface area (Å²) in [6.45, 7) is 0. The fraction of sp³-hybridized carbons (Fsp3) is 0.0698. The van der Waals surface area contributed by atoms with Crippen LogP contribution in [-0.2, 0) is 19.4 Å². The van der Waals surface area contributed by atoms with Gasteiger partial charge in [-0.1, -0.05) is 0 Å². The first-order chi connectivity index (χ1) is 22.4. The summed E-state index contributed by atoms with van der Waals surface area (Å²) in [7, 11) is 0. The Morgan fingerprint density at radius 1 is 0.378 bits per heavy atom. The van der Waals surface area contributed by atoms with Crippen molar-refractivity contribution >= 4 is 28.4 Å². The molecule has 0 amide bonds. The predicted octanol–water partition coefficient (Wildman–Crippen LogP) is 8.98. The van der Waals surface area contributed by atoms with Gasteiger partial charge < -0.3 is 0 Å². The van der Waals surface area contributed by atoms with Gasteiger partial charge in [0.1, 0.15) is 0 Å². The van der Waals surface area contributed by atoms with E-state index in [9.17, 15) is 0 Å². The molecule has 0 radical (unpaired) electrons. The van der Waals surface area contributed by atoms with E-state index in [1.165, 1.54) is 22.3 Å². The van der Waals surface area contributed by atoms with Crippen LogP contribution in [0.2, 0.25) is 0 Å². The van der Waals surface area contributed by atoms with Crippen LogP contribution >= 0.6 is 0 Å². The summed E-state index contributed by atoms with van der Waals surface area (Å²) in [5, 5.41) is 3.19. The number of benzene rings is 6. The maximum absolute atomic E-state index is 3.90. The van der Waals surface area contributed by atoms with Gasteiger partial charge >= 0.3 is 273 Å². The van der Waals surface area contributed by atoms with Crippen LogP contribution in [0.25, 0.3) is 23.3 Å². The van der Waals surface area contributed by atoms with Crippen LogP contribution < -0.4 is 10.4 Å². The van der Waals surface area contributed by atoms with E-state index in [1.807, 2.05) is 0 Å². The van der Waals surface area contributed by atoms with Crippen LogP contribution in [0.3, 0.4) is 0 Å². The second-order valence-electron chi connectivity index (χ2n) is 12.8. The second-order valence-corrected chi connectivity index (χ2v) is 34.6. The van der Waals surface area contributed by atoms with Gasteiger partial charge in [0.25, 0.3) is 0 Å². The third-order valence-electron chi connectivity index (χ3n) is 10.8. The summed E-state index contributed by atoms with van der Waals surface area (Å²) in [4.78, 5) is 0. The topological polar surface area (TPSA) is 0 Å². The summed E-state index contributed by atoms with van der Waals surface area (Å²) < 4.78 is 1.26. The van der Waals surface area contributed by atoms with Gasteiger partial charge in [-0.3, -0.25) is 0 Å². The first kappa shape index (κ1) is 27.2. The van der Waals surface area contributed by atoms with Crippen LogP contribution in [0, 0.1) is 0 Å². The molecule has 2 heteroatoms. The van der Waals surface area contributed by atoms with Gasteiger partial charge in [-0.25, -0.2) is 0 Å². The first-order valence-corrected chi connectivity index (χ1v) is 26.4. The van der Waals surface area contributed by atoms with Crippen molar-refractivity contribution in [2.45, 2.75) is 10.9 Å². The molecule has 3 aliphatic rings. The Balaban J connectivity index is 1.47. The van der Waals surface area contributed by atoms with Gasteiger partial charge in [0.15, 0.2) is 0 Å². The third-order valence-corrected chi connectivity index (χ3v) is 44.1. The molecule has 6 aromatic rings. The average Bonchev–Trinajstić information content (AvgIpc) is 3.83. The molecule has 2 unspecified atom stereocenters. The van der Waals surface area contributed by atoms with Crippen molar-refractivity contribution in [2.24, 2.45) is 0 Å². The normalized spacial score (nSPS) is 18.8. The van der Waals surface area contributed by atoms with Gasteiger partial charge in [-0.2, -0.15) is 0 Å². The zero-order chi connectivity index (χ0) is 29.8. The van der Waals surface area contributed by atoms with Crippen molar-refractivity contribution in [3.8, 4) is 11.1 Å². The van der Waals surface area contributed by atoms with E-state index in [0.29, 0.717) is 10.9 Å². The van der Waals surface area contributed by atoms with E-state index in [2.05, 4.69) is 182 Å². The Kier molecular flexibility index (Phi) is 6.69. The molecular formula is C43H34SiZr.